The molecule has 10 heteroatoms. The fraction of sp³-hybridized carbons (Fsp3) is 0.550. The summed E-state index contributed by atoms with van der Waals surface area (Å²) >= 11 is 1.12. The Bertz CT molecular complexity index is 878. The van der Waals surface area contributed by atoms with E-state index in [2.05, 4.69) is 15.1 Å². The zero-order valence-electron chi connectivity index (χ0n) is 17.3. The zero-order valence-corrected chi connectivity index (χ0v) is 18.1. The third-order valence-electron chi connectivity index (χ3n) is 5.04. The van der Waals surface area contributed by atoms with E-state index in [1.54, 1.807) is 27.1 Å². The van der Waals surface area contributed by atoms with Crippen molar-refractivity contribution in [2.45, 2.75) is 49.3 Å². The van der Waals surface area contributed by atoms with Crippen molar-refractivity contribution in [3.63, 3.8) is 0 Å². The first-order valence-electron chi connectivity index (χ1n) is 9.89. The van der Waals surface area contributed by atoms with E-state index in [4.69, 9.17) is 0 Å². The van der Waals surface area contributed by atoms with Gasteiger partial charge in [-0.1, -0.05) is 30.3 Å². The van der Waals surface area contributed by atoms with Crippen molar-refractivity contribution in [1.82, 2.24) is 24.6 Å². The van der Waals surface area contributed by atoms with Gasteiger partial charge in [0, 0.05) is 14.1 Å². The summed E-state index contributed by atoms with van der Waals surface area (Å²) in [5.41, 5.74) is -0.771. The number of amides is 1. The molecule has 1 aliphatic heterocycles. The molecule has 6 nitrogen and oxygen atoms in total. The third-order valence-corrected chi connectivity index (χ3v) is 6.07. The van der Waals surface area contributed by atoms with Crippen LogP contribution < -0.4 is 0 Å². The van der Waals surface area contributed by atoms with Gasteiger partial charge >= 0.3 is 6.18 Å². The number of aromatic nitrogens is 3. The van der Waals surface area contributed by atoms with Crippen LogP contribution in [0.5, 0.6) is 0 Å². The van der Waals surface area contributed by atoms with Crippen molar-refractivity contribution in [2.75, 3.05) is 27.2 Å². The maximum absolute atomic E-state index is 13.7. The van der Waals surface area contributed by atoms with Gasteiger partial charge < -0.3 is 4.90 Å². The maximum atomic E-state index is 13.7. The summed E-state index contributed by atoms with van der Waals surface area (Å²) < 4.78 is 42.6. The summed E-state index contributed by atoms with van der Waals surface area (Å²) in [4.78, 5) is 15.9. The van der Waals surface area contributed by atoms with Gasteiger partial charge in [-0.3, -0.25) is 14.3 Å². The van der Waals surface area contributed by atoms with E-state index in [0.717, 1.165) is 50.2 Å². The maximum Gasteiger partial charge on any atom is 0.418 e. The van der Waals surface area contributed by atoms with Crippen molar-refractivity contribution in [1.29, 1.82) is 0 Å². The second-order valence-electron chi connectivity index (χ2n) is 7.58. The Labute approximate surface area is 178 Å². The number of halogens is 3. The summed E-state index contributed by atoms with van der Waals surface area (Å²) in [6.07, 6.45) is -1.24. The predicted octanol–water partition coefficient (Wildman–Crippen LogP) is 3.84. The van der Waals surface area contributed by atoms with Gasteiger partial charge in [-0.2, -0.15) is 13.2 Å². The second-order valence-corrected chi connectivity index (χ2v) is 8.89. The Kier molecular flexibility index (Phi) is 7.07. The predicted molar refractivity (Wildman–Crippen MR) is 110 cm³/mol. The van der Waals surface area contributed by atoms with Gasteiger partial charge in [0.25, 0.3) is 0 Å². The van der Waals surface area contributed by atoms with Gasteiger partial charge in [-0.25, -0.2) is 0 Å². The van der Waals surface area contributed by atoms with Crippen LogP contribution in [-0.4, -0.2) is 62.9 Å². The van der Waals surface area contributed by atoms with Gasteiger partial charge in [0.05, 0.1) is 23.0 Å². The number of para-hydroxylation sites is 1. The van der Waals surface area contributed by atoms with E-state index >= 15 is 0 Å². The standard InChI is InChI=1S/C20H26F3N5OS/c1-14(18(29)26(2)3)30-19-25-24-17(13-27-11-7-4-8-12-27)28(19)16-10-6-5-9-15(16)20(21,22)23/h5-6,9-10,14H,4,7-8,11-13H2,1-3H3. The molecule has 1 fully saturated rings. The number of carbonyl (C=O) groups excluding carboxylic acids is 1. The molecule has 2 heterocycles. The van der Waals surface area contributed by atoms with E-state index in [1.165, 1.54) is 21.6 Å². The molecule has 0 saturated carbocycles. The highest BCUT2D eigenvalue weighted by Gasteiger charge is 2.35. The van der Waals surface area contributed by atoms with Crippen LogP contribution in [0.2, 0.25) is 0 Å². The Hall–Kier alpha value is -2.07. The van der Waals surface area contributed by atoms with E-state index in [9.17, 15) is 18.0 Å². The molecule has 0 radical (unpaired) electrons. The number of rotatable bonds is 6. The van der Waals surface area contributed by atoms with Crippen LogP contribution in [0.25, 0.3) is 5.69 Å². The highest BCUT2D eigenvalue weighted by atomic mass is 32.2. The lowest BCUT2D eigenvalue weighted by atomic mass is 10.1. The summed E-state index contributed by atoms with van der Waals surface area (Å²) in [6.45, 7) is 3.89. The first kappa shape index (κ1) is 22.6. The quantitative estimate of drug-likeness (QED) is 0.638. The van der Waals surface area contributed by atoms with Crippen molar-refractivity contribution < 1.29 is 18.0 Å². The van der Waals surface area contributed by atoms with E-state index < -0.39 is 17.0 Å². The van der Waals surface area contributed by atoms with Gasteiger partial charge in [-0.15, -0.1) is 10.2 Å². The number of piperidine rings is 1. The van der Waals surface area contributed by atoms with Crippen molar-refractivity contribution in [3.05, 3.63) is 35.7 Å². The summed E-state index contributed by atoms with van der Waals surface area (Å²) in [6, 6.07) is 5.42. The van der Waals surface area contributed by atoms with Gasteiger partial charge in [0.2, 0.25) is 5.91 Å². The number of nitrogens with zero attached hydrogens (tertiary/aromatic N) is 5. The van der Waals surface area contributed by atoms with Gasteiger partial charge in [0.1, 0.15) is 0 Å². The van der Waals surface area contributed by atoms with Crippen LogP contribution in [-0.2, 0) is 17.5 Å². The second kappa shape index (κ2) is 9.38. The minimum Gasteiger partial charge on any atom is -0.348 e. The molecule has 1 aliphatic rings. The third kappa shape index (κ3) is 5.15. The van der Waals surface area contributed by atoms with Crippen molar-refractivity contribution in [2.24, 2.45) is 0 Å². The molecule has 0 aliphatic carbocycles. The summed E-state index contributed by atoms with van der Waals surface area (Å²) in [7, 11) is 3.29. The van der Waals surface area contributed by atoms with Crippen LogP contribution in [0, 0.1) is 0 Å². The fourth-order valence-corrected chi connectivity index (χ4v) is 4.54. The molecule has 3 rings (SSSR count). The van der Waals surface area contributed by atoms with Crippen LogP contribution >= 0.6 is 11.8 Å². The number of hydrogen-bond donors (Lipinski definition) is 0. The topological polar surface area (TPSA) is 54.3 Å². The molecular formula is C20H26F3N5OS. The molecule has 0 spiro atoms. The molecule has 1 amide bonds. The lowest BCUT2D eigenvalue weighted by Gasteiger charge is -2.26. The SMILES string of the molecule is CC(Sc1nnc(CN2CCCCC2)n1-c1ccccc1C(F)(F)F)C(=O)N(C)C. The number of likely N-dealkylation sites (tertiary alicyclic amines) is 1. The smallest absolute Gasteiger partial charge is 0.348 e. The fourth-order valence-electron chi connectivity index (χ4n) is 3.52. The molecule has 2 aromatic rings. The van der Waals surface area contributed by atoms with E-state index in [1.807, 2.05) is 0 Å². The van der Waals surface area contributed by atoms with E-state index in [0.29, 0.717) is 12.4 Å². The van der Waals surface area contributed by atoms with Crippen molar-refractivity contribution in [3.8, 4) is 5.69 Å². The molecule has 1 saturated heterocycles. The Morgan fingerprint density at radius 1 is 1.17 bits per heavy atom. The molecule has 1 aromatic heterocycles. The summed E-state index contributed by atoms with van der Waals surface area (Å²) in [5.74, 6) is 0.303. The summed E-state index contributed by atoms with van der Waals surface area (Å²) in [5, 5.41) is 8.17. The monoisotopic (exact) mass is 441 g/mol. The molecule has 1 aromatic carbocycles. The van der Waals surface area contributed by atoms with Gasteiger partial charge in [-0.05, 0) is 45.0 Å². The number of hydrogen-bond acceptors (Lipinski definition) is 5. The molecule has 0 N–H and O–H groups in total. The lowest BCUT2D eigenvalue weighted by molar-refractivity contribution is -0.137. The molecule has 30 heavy (non-hydrogen) atoms. The number of alkyl halides is 3. The Balaban J connectivity index is 2.03. The van der Waals surface area contributed by atoms with Crippen LogP contribution in [0.3, 0.4) is 0 Å². The number of carbonyl (C=O) groups is 1. The molecule has 1 unspecified atom stereocenters. The minimum absolute atomic E-state index is 0.0194. The largest absolute Gasteiger partial charge is 0.418 e. The average Bonchev–Trinajstić information content (AvgIpc) is 3.09. The zero-order chi connectivity index (χ0) is 21.9. The molecule has 1 atom stereocenters. The first-order valence-corrected chi connectivity index (χ1v) is 10.8. The van der Waals surface area contributed by atoms with Crippen LogP contribution in [0.1, 0.15) is 37.6 Å². The van der Waals surface area contributed by atoms with Crippen molar-refractivity contribution >= 4 is 17.7 Å². The first-order chi connectivity index (χ1) is 14.2. The minimum atomic E-state index is -4.52. The average molecular weight is 442 g/mol. The lowest BCUT2D eigenvalue weighted by Crippen LogP contribution is -2.31. The highest BCUT2D eigenvalue weighted by Crippen LogP contribution is 2.36. The number of benzene rings is 1. The normalized spacial score (nSPS) is 16.5. The Morgan fingerprint density at radius 2 is 1.83 bits per heavy atom. The Morgan fingerprint density at radius 3 is 2.47 bits per heavy atom. The molecule has 164 valence electrons. The number of thioether (sulfide) groups is 1. The highest BCUT2D eigenvalue weighted by molar-refractivity contribution is 8.00. The van der Waals surface area contributed by atoms with Gasteiger partial charge in [0.15, 0.2) is 11.0 Å². The van der Waals surface area contributed by atoms with E-state index in [-0.39, 0.29) is 16.8 Å². The molecule has 0 bridgehead atoms. The van der Waals surface area contributed by atoms with Crippen LogP contribution in [0.4, 0.5) is 13.2 Å². The molecular weight excluding hydrogens is 415 g/mol. The van der Waals surface area contributed by atoms with Crippen LogP contribution in [0.15, 0.2) is 29.4 Å².